The first-order valence-corrected chi connectivity index (χ1v) is 12.7. The van der Waals surface area contributed by atoms with Crippen molar-refractivity contribution >= 4 is 38.3 Å². The van der Waals surface area contributed by atoms with Crippen LogP contribution in [-0.4, -0.2) is 58.0 Å². The third-order valence-corrected chi connectivity index (χ3v) is 8.58. The molecule has 10 heteroatoms. The lowest BCUT2D eigenvalue weighted by Gasteiger charge is -2.37. The average molecular weight is 459 g/mol. The van der Waals surface area contributed by atoms with E-state index in [4.69, 9.17) is 16.6 Å². The van der Waals surface area contributed by atoms with Gasteiger partial charge in [-0.25, -0.2) is 27.7 Å². The minimum Gasteiger partial charge on any atom is -0.363 e. The highest BCUT2D eigenvalue weighted by Crippen LogP contribution is 2.59. The smallest absolute Gasteiger partial charge is 0.211 e. The highest BCUT2D eigenvalue weighted by Gasteiger charge is 2.59. The van der Waals surface area contributed by atoms with Crippen LogP contribution in [-0.2, 0) is 23.0 Å². The van der Waals surface area contributed by atoms with E-state index in [0.29, 0.717) is 42.5 Å². The lowest BCUT2D eigenvalue weighted by molar-refractivity contribution is 0.434. The number of H-pyrrole nitrogens is 1. The van der Waals surface area contributed by atoms with Gasteiger partial charge in [0, 0.05) is 55.2 Å². The summed E-state index contributed by atoms with van der Waals surface area (Å²) in [5, 5.41) is 1.51. The fraction of sp³-hybridized carbons (Fsp3) is 0.476. The summed E-state index contributed by atoms with van der Waals surface area (Å²) in [6.07, 6.45) is 5.68. The van der Waals surface area contributed by atoms with E-state index in [9.17, 15) is 8.42 Å². The van der Waals surface area contributed by atoms with Gasteiger partial charge in [-0.15, -0.1) is 0 Å². The van der Waals surface area contributed by atoms with Crippen LogP contribution in [0.15, 0.2) is 24.7 Å². The van der Waals surface area contributed by atoms with E-state index in [0.717, 1.165) is 34.5 Å². The Morgan fingerprint density at radius 1 is 1.23 bits per heavy atom. The second-order valence-corrected chi connectivity index (χ2v) is 11.4. The molecule has 162 valence electrons. The molecular weight excluding hydrogens is 436 g/mol. The maximum absolute atomic E-state index is 11.9. The topological polar surface area (TPSA) is 95.1 Å². The predicted octanol–water partition coefficient (Wildman–Crippen LogP) is 2.56. The van der Waals surface area contributed by atoms with Crippen molar-refractivity contribution in [2.24, 2.45) is 11.8 Å². The molecule has 0 amide bonds. The average Bonchev–Trinajstić information content (AvgIpc) is 3.07. The maximum atomic E-state index is 11.9. The number of nitrogens with one attached hydrogen (secondary N) is 1. The number of aromatic amines is 1. The monoisotopic (exact) mass is 458 g/mol. The first-order chi connectivity index (χ1) is 14.8. The Balaban J connectivity index is 1.35. The van der Waals surface area contributed by atoms with Gasteiger partial charge in [0.05, 0.1) is 23.3 Å². The number of sulfonamides is 1. The Morgan fingerprint density at radius 3 is 2.74 bits per heavy atom. The van der Waals surface area contributed by atoms with Crippen LogP contribution in [0.3, 0.4) is 0 Å². The van der Waals surface area contributed by atoms with E-state index in [-0.39, 0.29) is 6.04 Å². The summed E-state index contributed by atoms with van der Waals surface area (Å²) in [4.78, 5) is 19.2. The van der Waals surface area contributed by atoms with Gasteiger partial charge >= 0.3 is 0 Å². The number of halogens is 1. The number of anilines is 1. The Kier molecular flexibility index (Phi) is 4.16. The van der Waals surface area contributed by atoms with Crippen molar-refractivity contribution in [1.29, 1.82) is 0 Å². The third-order valence-electron chi connectivity index (χ3n) is 7.15. The van der Waals surface area contributed by atoms with Crippen LogP contribution >= 0.6 is 11.6 Å². The van der Waals surface area contributed by atoms with E-state index < -0.39 is 10.0 Å². The molecule has 8 nitrogen and oxygen atoms in total. The number of fused-ring (bicyclic) bond motifs is 3. The summed E-state index contributed by atoms with van der Waals surface area (Å²) < 4.78 is 25.4. The predicted molar refractivity (Wildman–Crippen MR) is 119 cm³/mol. The van der Waals surface area contributed by atoms with Gasteiger partial charge in [0.25, 0.3) is 0 Å². The van der Waals surface area contributed by atoms with Gasteiger partial charge in [-0.1, -0.05) is 11.6 Å². The van der Waals surface area contributed by atoms with Gasteiger partial charge in [0.2, 0.25) is 10.0 Å². The Morgan fingerprint density at radius 2 is 2.00 bits per heavy atom. The van der Waals surface area contributed by atoms with Crippen molar-refractivity contribution < 1.29 is 8.42 Å². The number of pyridine rings is 1. The van der Waals surface area contributed by atoms with Gasteiger partial charge in [0.1, 0.15) is 17.1 Å². The highest BCUT2D eigenvalue weighted by atomic mass is 35.5. The standard InChI is InChI=1S/C21H23ClN6O2S/c1-11-5-16-15(9-28(11)17-6-18(22)26-21-12(17)3-4-23-21)20(25-10-24-16)19-13-7-27(8-14(13)19)31(2,29)30/h3-4,6,10-11,13-14,19H,5,7-9H2,1-2H3,(H,23,26)/t11-,13?,14?,19?/m1/s1. The number of hydrogen-bond donors (Lipinski definition) is 1. The van der Waals surface area contributed by atoms with Crippen molar-refractivity contribution in [1.82, 2.24) is 24.2 Å². The molecule has 2 aliphatic heterocycles. The largest absolute Gasteiger partial charge is 0.363 e. The summed E-state index contributed by atoms with van der Waals surface area (Å²) >= 11 is 6.32. The van der Waals surface area contributed by atoms with Crippen LogP contribution in [0.25, 0.3) is 11.0 Å². The van der Waals surface area contributed by atoms with Crippen molar-refractivity contribution in [3.05, 3.63) is 46.8 Å². The van der Waals surface area contributed by atoms with Gasteiger partial charge in [-0.3, -0.25) is 0 Å². The number of hydrogen-bond acceptors (Lipinski definition) is 6. The van der Waals surface area contributed by atoms with Crippen LogP contribution in [0.1, 0.15) is 29.8 Å². The van der Waals surface area contributed by atoms with Gasteiger partial charge in [-0.2, -0.15) is 0 Å². The molecule has 3 atom stereocenters. The summed E-state index contributed by atoms with van der Waals surface area (Å²) in [6.45, 7) is 4.10. The van der Waals surface area contributed by atoms with Crippen LogP contribution in [0.4, 0.5) is 5.69 Å². The molecule has 31 heavy (non-hydrogen) atoms. The summed E-state index contributed by atoms with van der Waals surface area (Å²) in [6, 6.07) is 4.22. The van der Waals surface area contributed by atoms with Crippen LogP contribution < -0.4 is 4.90 Å². The molecule has 1 saturated heterocycles. The molecule has 2 unspecified atom stereocenters. The van der Waals surface area contributed by atoms with E-state index >= 15 is 0 Å². The van der Waals surface area contributed by atoms with Gasteiger partial charge in [-0.05, 0) is 30.9 Å². The first-order valence-electron chi connectivity index (χ1n) is 10.5. The molecule has 0 radical (unpaired) electrons. The summed E-state index contributed by atoms with van der Waals surface area (Å²) in [5.74, 6) is 1.03. The second kappa shape index (κ2) is 6.63. The quantitative estimate of drug-likeness (QED) is 0.606. The molecule has 3 aromatic rings. The zero-order chi connectivity index (χ0) is 21.5. The fourth-order valence-electron chi connectivity index (χ4n) is 5.53. The molecule has 2 fully saturated rings. The fourth-order valence-corrected chi connectivity index (χ4v) is 6.60. The first kappa shape index (κ1) is 19.5. The zero-order valence-corrected chi connectivity index (χ0v) is 18.9. The Bertz CT molecular complexity index is 1300. The van der Waals surface area contributed by atoms with Crippen molar-refractivity contribution in [3.63, 3.8) is 0 Å². The minimum atomic E-state index is -3.13. The van der Waals surface area contributed by atoms with Crippen LogP contribution in [0, 0.1) is 11.8 Å². The molecule has 3 aromatic heterocycles. The number of aromatic nitrogens is 4. The van der Waals surface area contributed by atoms with E-state index in [2.05, 4.69) is 26.8 Å². The van der Waals surface area contributed by atoms with Crippen molar-refractivity contribution in [2.45, 2.75) is 31.8 Å². The van der Waals surface area contributed by atoms with Crippen LogP contribution in [0.5, 0.6) is 0 Å². The number of piperidine rings is 1. The molecule has 1 aliphatic carbocycles. The van der Waals surface area contributed by atoms with E-state index in [1.54, 1.807) is 10.6 Å². The SMILES string of the molecule is C[C@@H]1Cc2ncnc(C3C4CN(S(C)(=O)=O)CC43)c2CN1c1cc(Cl)nc2[nH]ccc12. The minimum absolute atomic E-state index is 0.256. The second-order valence-electron chi connectivity index (χ2n) is 9.00. The zero-order valence-electron chi connectivity index (χ0n) is 17.3. The third kappa shape index (κ3) is 3.05. The summed E-state index contributed by atoms with van der Waals surface area (Å²) in [7, 11) is -3.13. The van der Waals surface area contributed by atoms with E-state index in [1.807, 2.05) is 18.3 Å². The number of nitrogens with zero attached hydrogens (tertiary/aromatic N) is 5. The number of rotatable bonds is 3. The Labute approximate surface area is 185 Å². The molecule has 5 heterocycles. The van der Waals surface area contributed by atoms with Crippen LogP contribution in [0.2, 0.25) is 5.15 Å². The Hall–Kier alpha value is -2.23. The lowest BCUT2D eigenvalue weighted by Crippen LogP contribution is -2.40. The van der Waals surface area contributed by atoms with Gasteiger partial charge < -0.3 is 9.88 Å². The molecule has 1 saturated carbocycles. The van der Waals surface area contributed by atoms with Crippen molar-refractivity contribution in [3.8, 4) is 0 Å². The highest BCUT2D eigenvalue weighted by molar-refractivity contribution is 7.88. The maximum Gasteiger partial charge on any atom is 0.211 e. The molecule has 1 N–H and O–H groups in total. The lowest BCUT2D eigenvalue weighted by atomic mass is 9.95. The molecule has 0 spiro atoms. The molecule has 0 bridgehead atoms. The summed E-state index contributed by atoms with van der Waals surface area (Å²) in [5.41, 5.74) is 5.22. The normalized spacial score (nSPS) is 28.0. The van der Waals surface area contributed by atoms with E-state index in [1.165, 1.54) is 11.8 Å². The molecule has 0 aromatic carbocycles. The van der Waals surface area contributed by atoms with Crippen molar-refractivity contribution in [2.75, 3.05) is 24.2 Å². The van der Waals surface area contributed by atoms with Gasteiger partial charge in [0.15, 0.2) is 0 Å². The molecule has 3 aliphatic rings. The molecule has 6 rings (SSSR count). The molecular formula is C21H23ClN6O2S.